The number of hydrogen-bond donors (Lipinski definition) is 2. The topological polar surface area (TPSA) is 110 Å². The van der Waals surface area contributed by atoms with Crippen LogP contribution >= 0.6 is 0 Å². The standard InChI is InChI=1S/C32H43F2N7O3/c1-21(35-5)29(42)36-28(32(2,3)4)31(44)40-17-6-7-26(40)19-39(18-16-22-8-10-23(33)11-9-22)30(43)27-20-41(38-37-27)25-14-12-24(34)13-15-25/h8-15,21,26-28,35H,6-7,16-20H2,1-5H3,(H,36,42). The second kappa shape index (κ2) is 14.2. The third-order valence-corrected chi connectivity index (χ3v) is 8.27. The number of carbonyl (C=O) groups is 3. The summed E-state index contributed by atoms with van der Waals surface area (Å²) in [6.45, 7) is 8.84. The van der Waals surface area contributed by atoms with Gasteiger partial charge in [0, 0.05) is 25.7 Å². The van der Waals surface area contributed by atoms with Crippen LogP contribution in [-0.2, 0) is 20.8 Å². The van der Waals surface area contributed by atoms with Crippen LogP contribution in [0.5, 0.6) is 0 Å². The van der Waals surface area contributed by atoms with E-state index >= 15 is 0 Å². The molecule has 0 aliphatic carbocycles. The Kier molecular flexibility index (Phi) is 10.7. The zero-order chi connectivity index (χ0) is 32.0. The molecule has 0 saturated carbocycles. The number of amides is 3. The highest BCUT2D eigenvalue weighted by atomic mass is 19.1. The van der Waals surface area contributed by atoms with E-state index in [2.05, 4.69) is 21.0 Å². The van der Waals surface area contributed by atoms with Gasteiger partial charge in [0.15, 0.2) is 6.04 Å². The minimum absolute atomic E-state index is 0.175. The van der Waals surface area contributed by atoms with Crippen molar-refractivity contribution >= 4 is 23.4 Å². The number of anilines is 1. The van der Waals surface area contributed by atoms with Crippen molar-refractivity contribution in [1.82, 2.24) is 20.4 Å². The van der Waals surface area contributed by atoms with Crippen LogP contribution in [0.25, 0.3) is 0 Å². The Bertz CT molecular complexity index is 1330. The van der Waals surface area contributed by atoms with Gasteiger partial charge in [-0.1, -0.05) is 38.1 Å². The van der Waals surface area contributed by atoms with Crippen molar-refractivity contribution in [3.63, 3.8) is 0 Å². The first-order valence-corrected chi connectivity index (χ1v) is 15.1. The second-order valence-corrected chi connectivity index (χ2v) is 12.6. The van der Waals surface area contributed by atoms with Crippen molar-refractivity contribution in [1.29, 1.82) is 0 Å². The summed E-state index contributed by atoms with van der Waals surface area (Å²) in [6, 6.07) is 9.74. The molecule has 2 N–H and O–H groups in total. The van der Waals surface area contributed by atoms with Crippen molar-refractivity contribution in [3.05, 3.63) is 65.7 Å². The van der Waals surface area contributed by atoms with Crippen LogP contribution in [0.4, 0.5) is 14.5 Å². The van der Waals surface area contributed by atoms with Crippen LogP contribution in [-0.4, -0.2) is 84.9 Å². The number of benzene rings is 2. The molecule has 0 aromatic heterocycles. The first-order valence-electron chi connectivity index (χ1n) is 15.1. The fraction of sp³-hybridized carbons (Fsp3) is 0.531. The Labute approximate surface area is 257 Å². The van der Waals surface area contributed by atoms with E-state index in [1.807, 2.05) is 20.8 Å². The molecule has 2 aliphatic rings. The molecule has 2 aliphatic heterocycles. The van der Waals surface area contributed by atoms with Gasteiger partial charge in [0.1, 0.15) is 17.7 Å². The van der Waals surface area contributed by atoms with Crippen molar-refractivity contribution in [2.24, 2.45) is 15.8 Å². The number of likely N-dealkylation sites (N-methyl/N-ethyl adjacent to an activating group) is 1. The summed E-state index contributed by atoms with van der Waals surface area (Å²) < 4.78 is 27.0. The predicted molar refractivity (Wildman–Crippen MR) is 164 cm³/mol. The Morgan fingerprint density at radius 3 is 2.30 bits per heavy atom. The van der Waals surface area contributed by atoms with E-state index < -0.39 is 23.5 Å². The molecule has 2 heterocycles. The van der Waals surface area contributed by atoms with Gasteiger partial charge >= 0.3 is 0 Å². The first kappa shape index (κ1) is 33.0. The highest BCUT2D eigenvalue weighted by Crippen LogP contribution is 2.27. The number of rotatable bonds is 11. The van der Waals surface area contributed by atoms with Crippen LogP contribution in [0.3, 0.4) is 0 Å². The first-order chi connectivity index (χ1) is 20.9. The lowest BCUT2D eigenvalue weighted by Crippen LogP contribution is -2.59. The summed E-state index contributed by atoms with van der Waals surface area (Å²) in [7, 11) is 1.69. The molecular formula is C32H43F2N7O3. The molecule has 0 radical (unpaired) electrons. The summed E-state index contributed by atoms with van der Waals surface area (Å²) in [4.78, 5) is 44.2. The average Bonchev–Trinajstić information content (AvgIpc) is 3.68. The molecule has 2 aromatic rings. The van der Waals surface area contributed by atoms with Crippen LogP contribution in [0.15, 0.2) is 58.9 Å². The lowest BCUT2D eigenvalue weighted by atomic mass is 9.85. The highest BCUT2D eigenvalue weighted by Gasteiger charge is 2.41. The molecule has 1 fully saturated rings. The summed E-state index contributed by atoms with van der Waals surface area (Å²) in [6.07, 6.45) is 1.97. The van der Waals surface area contributed by atoms with Crippen LogP contribution in [0.1, 0.15) is 46.1 Å². The van der Waals surface area contributed by atoms with Gasteiger partial charge in [0.25, 0.3) is 5.91 Å². The van der Waals surface area contributed by atoms with E-state index in [-0.39, 0.29) is 48.5 Å². The zero-order valence-corrected chi connectivity index (χ0v) is 26.1. The van der Waals surface area contributed by atoms with Crippen molar-refractivity contribution in [2.75, 3.05) is 38.2 Å². The molecule has 4 rings (SSSR count). The molecule has 2 aromatic carbocycles. The van der Waals surface area contributed by atoms with E-state index in [0.29, 0.717) is 31.6 Å². The lowest BCUT2D eigenvalue weighted by Gasteiger charge is -2.38. The fourth-order valence-electron chi connectivity index (χ4n) is 5.46. The Morgan fingerprint density at radius 1 is 1.05 bits per heavy atom. The maximum absolute atomic E-state index is 14.0. The molecule has 4 atom stereocenters. The molecule has 10 nitrogen and oxygen atoms in total. The predicted octanol–water partition coefficient (Wildman–Crippen LogP) is 3.72. The normalized spacial score (nSPS) is 19.6. The summed E-state index contributed by atoms with van der Waals surface area (Å²) in [5, 5.41) is 15.8. The number of carbonyl (C=O) groups excluding carboxylic acids is 3. The summed E-state index contributed by atoms with van der Waals surface area (Å²) in [5.41, 5.74) is 0.955. The Morgan fingerprint density at radius 2 is 1.68 bits per heavy atom. The molecule has 1 saturated heterocycles. The molecule has 4 unspecified atom stereocenters. The minimum Gasteiger partial charge on any atom is -0.342 e. The van der Waals surface area contributed by atoms with Gasteiger partial charge < -0.3 is 20.4 Å². The molecule has 3 amide bonds. The number of likely N-dealkylation sites (tertiary alicyclic amines) is 1. The van der Waals surface area contributed by atoms with Gasteiger partial charge in [-0.3, -0.25) is 14.4 Å². The van der Waals surface area contributed by atoms with Gasteiger partial charge in [-0.15, -0.1) is 0 Å². The zero-order valence-electron chi connectivity index (χ0n) is 26.1. The summed E-state index contributed by atoms with van der Waals surface area (Å²) >= 11 is 0. The molecule has 0 bridgehead atoms. The fourth-order valence-corrected chi connectivity index (χ4v) is 5.46. The number of nitrogens with one attached hydrogen (secondary N) is 2. The van der Waals surface area contributed by atoms with Crippen molar-refractivity contribution in [2.45, 2.75) is 71.1 Å². The van der Waals surface area contributed by atoms with Crippen LogP contribution < -0.4 is 15.6 Å². The maximum Gasteiger partial charge on any atom is 0.251 e. The molecule has 44 heavy (non-hydrogen) atoms. The van der Waals surface area contributed by atoms with E-state index in [1.54, 1.807) is 53.0 Å². The van der Waals surface area contributed by atoms with Crippen LogP contribution in [0, 0.1) is 17.0 Å². The smallest absolute Gasteiger partial charge is 0.251 e. The van der Waals surface area contributed by atoms with Gasteiger partial charge in [-0.25, -0.2) is 13.8 Å². The van der Waals surface area contributed by atoms with Crippen molar-refractivity contribution in [3.8, 4) is 0 Å². The summed E-state index contributed by atoms with van der Waals surface area (Å²) in [5.74, 6) is -1.37. The van der Waals surface area contributed by atoms with E-state index in [0.717, 1.165) is 12.0 Å². The Hall–Kier alpha value is -3.93. The van der Waals surface area contributed by atoms with Gasteiger partial charge in [0.2, 0.25) is 11.8 Å². The monoisotopic (exact) mass is 611 g/mol. The third-order valence-electron chi connectivity index (χ3n) is 8.27. The number of hydrogen-bond acceptors (Lipinski definition) is 7. The number of nitrogens with zero attached hydrogens (tertiary/aromatic N) is 5. The van der Waals surface area contributed by atoms with E-state index in [9.17, 15) is 23.2 Å². The minimum atomic E-state index is -0.775. The Balaban J connectivity index is 1.52. The van der Waals surface area contributed by atoms with Gasteiger partial charge in [-0.2, -0.15) is 5.11 Å². The molecular weight excluding hydrogens is 568 g/mol. The van der Waals surface area contributed by atoms with E-state index in [1.165, 1.54) is 24.3 Å². The van der Waals surface area contributed by atoms with Gasteiger partial charge in [-0.05, 0) is 80.6 Å². The third kappa shape index (κ3) is 8.16. The molecule has 12 heteroatoms. The maximum atomic E-state index is 14.0. The second-order valence-electron chi connectivity index (χ2n) is 12.6. The molecule has 0 spiro atoms. The van der Waals surface area contributed by atoms with Gasteiger partial charge in [0.05, 0.1) is 18.3 Å². The van der Waals surface area contributed by atoms with Crippen LogP contribution in [0.2, 0.25) is 0 Å². The van der Waals surface area contributed by atoms with E-state index in [4.69, 9.17) is 0 Å². The highest BCUT2D eigenvalue weighted by molar-refractivity contribution is 5.90. The largest absolute Gasteiger partial charge is 0.342 e. The number of halogens is 2. The quantitative estimate of drug-likeness (QED) is 0.403. The molecule has 238 valence electrons. The lowest BCUT2D eigenvalue weighted by molar-refractivity contribution is -0.142. The SMILES string of the molecule is CNC(C)C(=O)NC(C(=O)N1CCCC1CN(CCc1ccc(F)cc1)C(=O)C1CN(c2ccc(F)cc2)N=N1)C(C)(C)C. The van der Waals surface area contributed by atoms with Crippen molar-refractivity contribution < 1.29 is 23.2 Å². The average molecular weight is 612 g/mol.